The van der Waals surface area contributed by atoms with Crippen LogP contribution < -0.4 is 4.90 Å². The molecule has 2 aromatic carbocycles. The number of ketones is 2. The van der Waals surface area contributed by atoms with Crippen molar-refractivity contribution in [2.45, 2.75) is 6.42 Å². The van der Waals surface area contributed by atoms with E-state index in [2.05, 4.69) is 0 Å². The summed E-state index contributed by atoms with van der Waals surface area (Å²) < 4.78 is 0. The molecule has 22 heavy (non-hydrogen) atoms. The van der Waals surface area contributed by atoms with E-state index in [1.165, 1.54) is 12.1 Å². The maximum Gasteiger partial charge on any atom is 0.174 e. The number of anilines is 1. The SMILES string of the molecule is CN(C)c1ccc(C(=O)CC(=O)c2ccc(O)cc2O)cc1. The molecule has 114 valence electrons. The molecule has 0 fully saturated rings. The van der Waals surface area contributed by atoms with Gasteiger partial charge in [0.15, 0.2) is 11.6 Å². The van der Waals surface area contributed by atoms with Gasteiger partial charge in [-0.1, -0.05) is 0 Å². The summed E-state index contributed by atoms with van der Waals surface area (Å²) in [6.07, 6.45) is -0.334. The zero-order valence-corrected chi connectivity index (χ0v) is 12.4. The summed E-state index contributed by atoms with van der Waals surface area (Å²) >= 11 is 0. The van der Waals surface area contributed by atoms with Crippen molar-refractivity contribution in [3.8, 4) is 11.5 Å². The fourth-order valence-corrected chi connectivity index (χ4v) is 2.04. The Balaban J connectivity index is 2.12. The van der Waals surface area contributed by atoms with Crippen LogP contribution in [0.25, 0.3) is 0 Å². The first-order valence-electron chi connectivity index (χ1n) is 6.74. The summed E-state index contributed by atoms with van der Waals surface area (Å²) in [4.78, 5) is 26.1. The molecule has 0 saturated carbocycles. The predicted octanol–water partition coefficient (Wildman–Crippen LogP) is 2.62. The van der Waals surface area contributed by atoms with Gasteiger partial charge in [-0.3, -0.25) is 9.59 Å². The lowest BCUT2D eigenvalue weighted by Crippen LogP contribution is -2.11. The van der Waals surface area contributed by atoms with Crippen LogP contribution in [-0.2, 0) is 0 Å². The zero-order valence-electron chi connectivity index (χ0n) is 12.4. The molecule has 2 N–H and O–H groups in total. The minimum Gasteiger partial charge on any atom is -0.508 e. The summed E-state index contributed by atoms with van der Waals surface area (Å²) in [6, 6.07) is 10.6. The standard InChI is InChI=1S/C17H17NO4/c1-18(2)12-5-3-11(4-6-12)15(20)10-17(22)14-8-7-13(19)9-16(14)21/h3-9,19,21H,10H2,1-2H3. The Bertz CT molecular complexity index is 705. The van der Waals surface area contributed by atoms with Crippen molar-refractivity contribution < 1.29 is 19.8 Å². The highest BCUT2D eigenvalue weighted by atomic mass is 16.3. The van der Waals surface area contributed by atoms with Crippen LogP contribution in [-0.4, -0.2) is 35.9 Å². The lowest BCUT2D eigenvalue weighted by Gasteiger charge is -2.12. The minimum absolute atomic E-state index is 0.0241. The third kappa shape index (κ3) is 3.44. The van der Waals surface area contributed by atoms with Crippen LogP contribution in [0.5, 0.6) is 11.5 Å². The third-order valence-corrected chi connectivity index (χ3v) is 3.31. The van der Waals surface area contributed by atoms with Gasteiger partial charge in [0.1, 0.15) is 11.5 Å². The molecule has 0 saturated heterocycles. The molecule has 0 aliphatic carbocycles. The van der Waals surface area contributed by atoms with Crippen molar-refractivity contribution in [2.24, 2.45) is 0 Å². The van der Waals surface area contributed by atoms with Gasteiger partial charge in [0.25, 0.3) is 0 Å². The minimum atomic E-state index is -0.487. The topological polar surface area (TPSA) is 77.8 Å². The molecule has 0 aliphatic rings. The van der Waals surface area contributed by atoms with Gasteiger partial charge >= 0.3 is 0 Å². The molecule has 5 heteroatoms. The monoisotopic (exact) mass is 299 g/mol. The first kappa shape index (κ1) is 15.6. The quantitative estimate of drug-likeness (QED) is 0.655. The molecule has 0 bridgehead atoms. The Hall–Kier alpha value is -2.82. The average Bonchev–Trinajstić information content (AvgIpc) is 2.47. The van der Waals surface area contributed by atoms with Crippen molar-refractivity contribution in [3.05, 3.63) is 53.6 Å². The highest BCUT2D eigenvalue weighted by molar-refractivity contribution is 6.14. The van der Waals surface area contributed by atoms with Gasteiger partial charge in [-0.25, -0.2) is 0 Å². The molecule has 0 radical (unpaired) electrons. The van der Waals surface area contributed by atoms with Gasteiger partial charge in [-0.15, -0.1) is 0 Å². The maximum atomic E-state index is 12.1. The number of rotatable bonds is 5. The number of hydrogen-bond acceptors (Lipinski definition) is 5. The molecular weight excluding hydrogens is 282 g/mol. The smallest absolute Gasteiger partial charge is 0.174 e. The Morgan fingerprint density at radius 1 is 0.955 bits per heavy atom. The zero-order chi connectivity index (χ0) is 16.3. The lowest BCUT2D eigenvalue weighted by molar-refractivity contribution is 0.0893. The van der Waals surface area contributed by atoms with Gasteiger partial charge in [-0.2, -0.15) is 0 Å². The van der Waals surface area contributed by atoms with E-state index in [-0.39, 0.29) is 29.3 Å². The fraction of sp³-hybridized carbons (Fsp3) is 0.176. The van der Waals surface area contributed by atoms with Crippen LogP contribution >= 0.6 is 0 Å². The van der Waals surface area contributed by atoms with Crippen LogP contribution in [0.3, 0.4) is 0 Å². The number of aromatic hydroxyl groups is 2. The summed E-state index contributed by atoms with van der Waals surface area (Å²) in [5, 5.41) is 18.9. The number of benzene rings is 2. The van der Waals surface area contributed by atoms with E-state index in [0.29, 0.717) is 5.56 Å². The van der Waals surface area contributed by atoms with Gasteiger partial charge in [-0.05, 0) is 36.4 Å². The molecule has 0 amide bonds. The van der Waals surface area contributed by atoms with E-state index < -0.39 is 5.78 Å². The number of carbonyl (C=O) groups is 2. The van der Waals surface area contributed by atoms with E-state index >= 15 is 0 Å². The largest absolute Gasteiger partial charge is 0.508 e. The summed E-state index contributed by atoms with van der Waals surface area (Å²) in [5.74, 6) is -1.28. The summed E-state index contributed by atoms with van der Waals surface area (Å²) in [5.41, 5.74) is 1.42. The Labute approximate surface area is 128 Å². The van der Waals surface area contributed by atoms with Crippen LogP contribution in [0.4, 0.5) is 5.69 Å². The van der Waals surface area contributed by atoms with Crippen molar-refractivity contribution in [2.75, 3.05) is 19.0 Å². The fourth-order valence-electron chi connectivity index (χ4n) is 2.04. The summed E-state index contributed by atoms with van der Waals surface area (Å²) in [7, 11) is 3.79. The normalized spacial score (nSPS) is 10.3. The first-order chi connectivity index (χ1) is 10.4. The molecule has 5 nitrogen and oxygen atoms in total. The molecule has 0 aromatic heterocycles. The maximum absolute atomic E-state index is 12.1. The second-order valence-corrected chi connectivity index (χ2v) is 5.17. The molecule has 0 unspecified atom stereocenters. The number of carbonyl (C=O) groups excluding carboxylic acids is 2. The molecular formula is C17H17NO4. The Morgan fingerprint density at radius 2 is 1.59 bits per heavy atom. The molecule has 2 rings (SSSR count). The Kier molecular flexibility index (Phi) is 4.46. The van der Waals surface area contributed by atoms with Crippen LogP contribution in [0, 0.1) is 0 Å². The highest BCUT2D eigenvalue weighted by Gasteiger charge is 2.17. The van der Waals surface area contributed by atoms with Crippen LogP contribution in [0.1, 0.15) is 27.1 Å². The van der Waals surface area contributed by atoms with E-state index in [9.17, 15) is 19.8 Å². The van der Waals surface area contributed by atoms with Crippen molar-refractivity contribution in [3.63, 3.8) is 0 Å². The number of phenols is 2. The number of nitrogens with zero attached hydrogens (tertiary/aromatic N) is 1. The van der Waals surface area contributed by atoms with E-state index in [1.807, 2.05) is 19.0 Å². The number of Topliss-reactive ketones (excluding diaryl/α,β-unsaturated/α-hetero) is 2. The second kappa shape index (κ2) is 6.30. The molecule has 0 heterocycles. The average molecular weight is 299 g/mol. The number of hydrogen-bond donors (Lipinski definition) is 2. The van der Waals surface area contributed by atoms with E-state index in [1.54, 1.807) is 24.3 Å². The first-order valence-corrected chi connectivity index (χ1v) is 6.74. The van der Waals surface area contributed by atoms with E-state index in [4.69, 9.17) is 0 Å². The highest BCUT2D eigenvalue weighted by Crippen LogP contribution is 2.24. The number of phenolic OH excluding ortho intramolecular Hbond substituents is 2. The second-order valence-electron chi connectivity index (χ2n) is 5.17. The lowest BCUT2D eigenvalue weighted by atomic mass is 10.0. The molecule has 2 aromatic rings. The third-order valence-electron chi connectivity index (χ3n) is 3.31. The van der Waals surface area contributed by atoms with Gasteiger partial charge in [0.05, 0.1) is 12.0 Å². The Morgan fingerprint density at radius 3 is 2.14 bits per heavy atom. The van der Waals surface area contributed by atoms with E-state index in [0.717, 1.165) is 11.8 Å². The molecule has 0 atom stereocenters. The van der Waals surface area contributed by atoms with Crippen LogP contribution in [0.15, 0.2) is 42.5 Å². The molecule has 0 spiro atoms. The van der Waals surface area contributed by atoms with Gasteiger partial charge in [0.2, 0.25) is 0 Å². The predicted molar refractivity (Wildman–Crippen MR) is 83.8 cm³/mol. The summed E-state index contributed by atoms with van der Waals surface area (Å²) in [6.45, 7) is 0. The van der Waals surface area contributed by atoms with Crippen molar-refractivity contribution >= 4 is 17.3 Å². The van der Waals surface area contributed by atoms with Crippen molar-refractivity contribution in [1.29, 1.82) is 0 Å². The van der Waals surface area contributed by atoms with Crippen molar-refractivity contribution in [1.82, 2.24) is 0 Å². The van der Waals surface area contributed by atoms with Crippen LogP contribution in [0.2, 0.25) is 0 Å². The van der Waals surface area contributed by atoms with Gasteiger partial charge in [0, 0.05) is 31.4 Å². The molecule has 0 aliphatic heterocycles. The van der Waals surface area contributed by atoms with Gasteiger partial charge < -0.3 is 15.1 Å².